The van der Waals surface area contributed by atoms with Gasteiger partial charge in [0.1, 0.15) is 11.6 Å². The van der Waals surface area contributed by atoms with Crippen LogP contribution in [0, 0.1) is 13.8 Å². The summed E-state index contributed by atoms with van der Waals surface area (Å²) in [6.07, 6.45) is 1.80. The molecule has 0 spiro atoms. The van der Waals surface area contributed by atoms with Crippen LogP contribution in [0.5, 0.6) is 5.75 Å². The maximum atomic E-state index is 5.18. The molecule has 1 N–H and O–H groups in total. The molecule has 0 amide bonds. The first-order valence-corrected chi connectivity index (χ1v) is 5.53. The summed E-state index contributed by atoms with van der Waals surface area (Å²) in [4.78, 5) is 4.28. The standard InChI is InChI=1S/C14H16N2O/c1-10-6-7-15-14(8-10)16-13-5-4-12(17-3)9-11(13)2/h4-9H,1-3H3,(H,15,16). The third kappa shape index (κ3) is 2.75. The number of methoxy groups -OCH3 is 1. The lowest BCUT2D eigenvalue weighted by Gasteiger charge is -2.10. The zero-order valence-corrected chi connectivity index (χ0v) is 10.3. The summed E-state index contributed by atoms with van der Waals surface area (Å²) in [6, 6.07) is 9.93. The summed E-state index contributed by atoms with van der Waals surface area (Å²) < 4.78 is 5.18. The summed E-state index contributed by atoms with van der Waals surface area (Å²) in [5.74, 6) is 1.73. The number of benzene rings is 1. The van der Waals surface area contributed by atoms with Crippen molar-refractivity contribution < 1.29 is 4.74 Å². The van der Waals surface area contributed by atoms with Crippen molar-refractivity contribution in [3.05, 3.63) is 47.7 Å². The summed E-state index contributed by atoms with van der Waals surface area (Å²) in [6.45, 7) is 4.09. The highest BCUT2D eigenvalue weighted by atomic mass is 16.5. The van der Waals surface area contributed by atoms with Gasteiger partial charge in [-0.3, -0.25) is 0 Å². The number of aryl methyl sites for hydroxylation is 2. The van der Waals surface area contributed by atoms with E-state index < -0.39 is 0 Å². The van der Waals surface area contributed by atoms with Crippen molar-refractivity contribution in [3.8, 4) is 5.75 Å². The number of hydrogen-bond acceptors (Lipinski definition) is 3. The molecular formula is C14H16N2O. The minimum Gasteiger partial charge on any atom is -0.497 e. The van der Waals surface area contributed by atoms with Crippen LogP contribution in [-0.2, 0) is 0 Å². The van der Waals surface area contributed by atoms with Crippen molar-refractivity contribution >= 4 is 11.5 Å². The Bertz CT molecular complexity index is 523. The first-order chi connectivity index (χ1) is 8.19. The maximum absolute atomic E-state index is 5.18. The minimum atomic E-state index is 0.860. The van der Waals surface area contributed by atoms with Crippen molar-refractivity contribution in [3.63, 3.8) is 0 Å². The highest BCUT2D eigenvalue weighted by Crippen LogP contribution is 2.23. The van der Waals surface area contributed by atoms with Gasteiger partial charge in [-0.05, 0) is 55.3 Å². The monoisotopic (exact) mass is 228 g/mol. The molecule has 0 radical (unpaired) electrons. The molecule has 0 unspecified atom stereocenters. The summed E-state index contributed by atoms with van der Waals surface area (Å²) in [7, 11) is 1.67. The molecule has 2 aromatic rings. The molecule has 0 bridgehead atoms. The third-order valence-corrected chi connectivity index (χ3v) is 2.61. The van der Waals surface area contributed by atoms with E-state index in [9.17, 15) is 0 Å². The van der Waals surface area contributed by atoms with E-state index in [1.54, 1.807) is 13.3 Å². The van der Waals surface area contributed by atoms with E-state index >= 15 is 0 Å². The molecule has 1 heterocycles. The lowest BCUT2D eigenvalue weighted by Crippen LogP contribution is -1.96. The van der Waals surface area contributed by atoms with Crippen LogP contribution in [0.25, 0.3) is 0 Å². The molecule has 1 aromatic carbocycles. The average Bonchev–Trinajstić information content (AvgIpc) is 2.32. The van der Waals surface area contributed by atoms with Crippen LogP contribution < -0.4 is 10.1 Å². The molecule has 3 heteroatoms. The van der Waals surface area contributed by atoms with Gasteiger partial charge in [-0.15, -0.1) is 0 Å². The van der Waals surface area contributed by atoms with Gasteiger partial charge < -0.3 is 10.1 Å². The topological polar surface area (TPSA) is 34.1 Å². The SMILES string of the molecule is COc1ccc(Nc2cc(C)ccn2)c(C)c1. The van der Waals surface area contributed by atoms with E-state index in [1.807, 2.05) is 44.2 Å². The number of nitrogens with zero attached hydrogens (tertiary/aromatic N) is 1. The number of hydrogen-bond donors (Lipinski definition) is 1. The number of pyridine rings is 1. The number of rotatable bonds is 3. The summed E-state index contributed by atoms with van der Waals surface area (Å²) in [5.41, 5.74) is 3.37. The fourth-order valence-corrected chi connectivity index (χ4v) is 1.65. The zero-order chi connectivity index (χ0) is 12.3. The Hall–Kier alpha value is -2.03. The van der Waals surface area contributed by atoms with Crippen LogP contribution in [0.2, 0.25) is 0 Å². The normalized spacial score (nSPS) is 10.1. The van der Waals surface area contributed by atoms with Crippen molar-refractivity contribution in [2.45, 2.75) is 13.8 Å². The minimum absolute atomic E-state index is 0.860. The fraction of sp³-hybridized carbons (Fsp3) is 0.214. The van der Waals surface area contributed by atoms with Gasteiger partial charge in [0, 0.05) is 11.9 Å². The smallest absolute Gasteiger partial charge is 0.130 e. The van der Waals surface area contributed by atoms with Crippen molar-refractivity contribution in [1.82, 2.24) is 4.98 Å². The van der Waals surface area contributed by atoms with Crippen LogP contribution >= 0.6 is 0 Å². The Morgan fingerprint density at radius 2 is 1.94 bits per heavy atom. The van der Waals surface area contributed by atoms with Gasteiger partial charge in [0.05, 0.1) is 7.11 Å². The molecule has 0 saturated heterocycles. The molecule has 0 aliphatic rings. The maximum Gasteiger partial charge on any atom is 0.130 e. The Balaban J connectivity index is 2.24. The Labute approximate surface area is 101 Å². The van der Waals surface area contributed by atoms with E-state index in [0.717, 1.165) is 22.8 Å². The van der Waals surface area contributed by atoms with Crippen molar-refractivity contribution in [2.24, 2.45) is 0 Å². The summed E-state index contributed by atoms with van der Waals surface area (Å²) in [5, 5.41) is 3.30. The fourth-order valence-electron chi connectivity index (χ4n) is 1.65. The van der Waals surface area contributed by atoms with E-state index in [4.69, 9.17) is 4.74 Å². The van der Waals surface area contributed by atoms with E-state index in [2.05, 4.69) is 10.3 Å². The molecule has 0 fully saturated rings. The number of ether oxygens (including phenoxy) is 1. The van der Waals surface area contributed by atoms with Gasteiger partial charge in [0.15, 0.2) is 0 Å². The predicted molar refractivity (Wildman–Crippen MR) is 70.0 cm³/mol. The van der Waals surface area contributed by atoms with Gasteiger partial charge in [-0.1, -0.05) is 0 Å². The molecule has 0 aliphatic carbocycles. The second kappa shape index (κ2) is 4.87. The highest BCUT2D eigenvalue weighted by Gasteiger charge is 2.01. The molecule has 3 nitrogen and oxygen atoms in total. The Morgan fingerprint density at radius 1 is 1.12 bits per heavy atom. The average molecular weight is 228 g/mol. The predicted octanol–water partition coefficient (Wildman–Crippen LogP) is 3.45. The largest absolute Gasteiger partial charge is 0.497 e. The number of aromatic nitrogens is 1. The first kappa shape index (κ1) is 11.5. The van der Waals surface area contributed by atoms with Gasteiger partial charge in [-0.25, -0.2) is 4.98 Å². The van der Waals surface area contributed by atoms with E-state index in [1.165, 1.54) is 5.56 Å². The zero-order valence-electron chi connectivity index (χ0n) is 10.3. The van der Waals surface area contributed by atoms with Gasteiger partial charge in [0.2, 0.25) is 0 Å². The third-order valence-electron chi connectivity index (χ3n) is 2.61. The quantitative estimate of drug-likeness (QED) is 0.873. The molecular weight excluding hydrogens is 212 g/mol. The van der Waals surface area contributed by atoms with Crippen molar-refractivity contribution in [1.29, 1.82) is 0 Å². The van der Waals surface area contributed by atoms with Gasteiger partial charge in [0.25, 0.3) is 0 Å². The number of nitrogens with one attached hydrogen (secondary N) is 1. The van der Waals surface area contributed by atoms with Gasteiger partial charge >= 0.3 is 0 Å². The van der Waals surface area contributed by atoms with E-state index in [-0.39, 0.29) is 0 Å². The highest BCUT2D eigenvalue weighted by molar-refractivity contribution is 5.61. The van der Waals surface area contributed by atoms with Crippen LogP contribution in [0.3, 0.4) is 0 Å². The second-order valence-electron chi connectivity index (χ2n) is 4.02. The van der Waals surface area contributed by atoms with Crippen LogP contribution in [0.15, 0.2) is 36.5 Å². The van der Waals surface area contributed by atoms with Crippen molar-refractivity contribution in [2.75, 3.05) is 12.4 Å². The Kier molecular flexibility index (Phi) is 3.28. The Morgan fingerprint density at radius 3 is 2.59 bits per heavy atom. The summed E-state index contributed by atoms with van der Waals surface area (Å²) >= 11 is 0. The molecule has 17 heavy (non-hydrogen) atoms. The van der Waals surface area contributed by atoms with Gasteiger partial charge in [-0.2, -0.15) is 0 Å². The molecule has 1 aromatic heterocycles. The lowest BCUT2D eigenvalue weighted by molar-refractivity contribution is 0.414. The molecule has 2 rings (SSSR count). The molecule has 0 aliphatic heterocycles. The van der Waals surface area contributed by atoms with Crippen LogP contribution in [-0.4, -0.2) is 12.1 Å². The molecule has 0 atom stereocenters. The molecule has 88 valence electrons. The van der Waals surface area contributed by atoms with Crippen LogP contribution in [0.4, 0.5) is 11.5 Å². The lowest BCUT2D eigenvalue weighted by atomic mass is 10.2. The molecule has 0 saturated carbocycles. The second-order valence-corrected chi connectivity index (χ2v) is 4.02. The van der Waals surface area contributed by atoms with E-state index in [0.29, 0.717) is 0 Å². The van der Waals surface area contributed by atoms with Crippen LogP contribution in [0.1, 0.15) is 11.1 Å². The first-order valence-electron chi connectivity index (χ1n) is 5.53. The number of anilines is 2.